The van der Waals surface area contributed by atoms with Crippen LogP contribution in [-0.2, 0) is 14.4 Å². The molecule has 1 aromatic rings. The molecule has 24 heavy (non-hydrogen) atoms. The van der Waals surface area contributed by atoms with E-state index in [9.17, 15) is 18.8 Å². The number of anilines is 1. The molecule has 1 heterocycles. The first-order valence-corrected chi connectivity index (χ1v) is 7.39. The number of carbonyl (C=O) groups is 3. The summed E-state index contributed by atoms with van der Waals surface area (Å²) in [4.78, 5) is 35.1. The second-order valence-corrected chi connectivity index (χ2v) is 5.13. The molecular weight excluding hydrogens is 317 g/mol. The van der Waals surface area contributed by atoms with Crippen molar-refractivity contribution in [1.29, 1.82) is 0 Å². The van der Waals surface area contributed by atoms with Crippen LogP contribution in [-0.4, -0.2) is 42.6 Å². The van der Waals surface area contributed by atoms with Crippen molar-refractivity contribution in [1.82, 2.24) is 10.6 Å². The number of carbonyl (C=O) groups excluding carboxylic acids is 3. The molecule has 4 N–H and O–H groups in total. The van der Waals surface area contributed by atoms with E-state index in [4.69, 9.17) is 5.73 Å². The molecule has 128 valence electrons. The van der Waals surface area contributed by atoms with Gasteiger partial charge in [0, 0.05) is 13.0 Å². The number of amides is 3. The topological polar surface area (TPSA) is 117 Å². The number of hydrazone groups is 1. The quantitative estimate of drug-likeness (QED) is 0.649. The Morgan fingerprint density at radius 1 is 1.29 bits per heavy atom. The van der Waals surface area contributed by atoms with Crippen molar-refractivity contribution in [2.24, 2.45) is 10.8 Å². The van der Waals surface area contributed by atoms with E-state index in [1.54, 1.807) is 6.92 Å². The van der Waals surface area contributed by atoms with Crippen LogP contribution in [0.5, 0.6) is 0 Å². The SMILES string of the molecule is CCNC(=O)CNC(=O)C1=NN(c2ccc(F)cc2)[C@@H](C(N)=O)C1. The van der Waals surface area contributed by atoms with E-state index < -0.39 is 23.7 Å². The first-order valence-electron chi connectivity index (χ1n) is 7.39. The molecule has 0 radical (unpaired) electrons. The summed E-state index contributed by atoms with van der Waals surface area (Å²) in [6, 6.07) is 4.46. The second kappa shape index (κ2) is 7.53. The van der Waals surface area contributed by atoms with Crippen molar-refractivity contribution in [3.8, 4) is 0 Å². The third kappa shape index (κ3) is 4.06. The summed E-state index contributed by atoms with van der Waals surface area (Å²) in [6.45, 7) is 2.03. The Labute approximate surface area is 137 Å². The summed E-state index contributed by atoms with van der Waals surface area (Å²) in [7, 11) is 0. The van der Waals surface area contributed by atoms with Crippen molar-refractivity contribution in [2.45, 2.75) is 19.4 Å². The molecular formula is C15H18FN5O3. The minimum Gasteiger partial charge on any atom is -0.368 e. The minimum absolute atomic E-state index is 0.00788. The highest BCUT2D eigenvalue weighted by Gasteiger charge is 2.35. The third-order valence-corrected chi connectivity index (χ3v) is 3.38. The normalized spacial score (nSPS) is 16.5. The minimum atomic E-state index is -0.847. The van der Waals surface area contributed by atoms with Gasteiger partial charge in [0.25, 0.3) is 5.91 Å². The fraction of sp³-hybridized carbons (Fsp3) is 0.333. The molecule has 2 rings (SSSR count). The molecule has 3 amide bonds. The van der Waals surface area contributed by atoms with Crippen LogP contribution in [0.2, 0.25) is 0 Å². The molecule has 0 saturated carbocycles. The van der Waals surface area contributed by atoms with Crippen LogP contribution in [0.25, 0.3) is 0 Å². The summed E-state index contributed by atoms with van der Waals surface area (Å²) in [6.07, 6.45) is 0.00788. The van der Waals surface area contributed by atoms with Gasteiger partial charge in [-0.05, 0) is 31.2 Å². The molecule has 0 spiro atoms. The van der Waals surface area contributed by atoms with Gasteiger partial charge in [-0.25, -0.2) is 4.39 Å². The van der Waals surface area contributed by atoms with Crippen LogP contribution in [0, 0.1) is 5.82 Å². The first kappa shape index (κ1) is 17.4. The predicted molar refractivity (Wildman–Crippen MR) is 85.6 cm³/mol. The van der Waals surface area contributed by atoms with Gasteiger partial charge in [-0.2, -0.15) is 5.10 Å². The molecule has 0 aliphatic carbocycles. The molecule has 0 saturated heterocycles. The lowest BCUT2D eigenvalue weighted by molar-refractivity contribution is -0.123. The van der Waals surface area contributed by atoms with E-state index in [2.05, 4.69) is 15.7 Å². The number of nitrogens with two attached hydrogens (primary N) is 1. The Hall–Kier alpha value is -2.97. The van der Waals surface area contributed by atoms with Crippen LogP contribution < -0.4 is 21.4 Å². The number of benzene rings is 1. The Balaban J connectivity index is 2.12. The summed E-state index contributed by atoms with van der Waals surface area (Å²) in [5.74, 6) is -1.98. The van der Waals surface area contributed by atoms with E-state index >= 15 is 0 Å². The smallest absolute Gasteiger partial charge is 0.268 e. The molecule has 1 aliphatic rings. The van der Waals surface area contributed by atoms with E-state index in [0.29, 0.717) is 12.2 Å². The van der Waals surface area contributed by atoms with Crippen LogP contribution >= 0.6 is 0 Å². The van der Waals surface area contributed by atoms with Gasteiger partial charge in [-0.1, -0.05) is 0 Å². The highest BCUT2D eigenvalue weighted by atomic mass is 19.1. The third-order valence-electron chi connectivity index (χ3n) is 3.38. The highest BCUT2D eigenvalue weighted by molar-refractivity contribution is 6.40. The number of hydrogen-bond acceptors (Lipinski definition) is 5. The summed E-state index contributed by atoms with van der Waals surface area (Å²) >= 11 is 0. The van der Waals surface area contributed by atoms with Crippen molar-refractivity contribution in [3.63, 3.8) is 0 Å². The van der Waals surface area contributed by atoms with E-state index in [-0.39, 0.29) is 24.6 Å². The van der Waals surface area contributed by atoms with Crippen molar-refractivity contribution in [3.05, 3.63) is 30.1 Å². The Morgan fingerprint density at radius 3 is 2.54 bits per heavy atom. The molecule has 8 nitrogen and oxygen atoms in total. The molecule has 1 aliphatic heterocycles. The Kier molecular flexibility index (Phi) is 5.46. The van der Waals surface area contributed by atoms with Gasteiger partial charge < -0.3 is 16.4 Å². The summed E-state index contributed by atoms with van der Waals surface area (Å²) in [5, 5.41) is 10.4. The van der Waals surface area contributed by atoms with Crippen LogP contribution in [0.4, 0.5) is 10.1 Å². The predicted octanol–water partition coefficient (Wildman–Crippen LogP) is -0.502. The lowest BCUT2D eigenvalue weighted by atomic mass is 10.1. The fourth-order valence-corrected chi connectivity index (χ4v) is 2.22. The number of halogens is 1. The molecule has 0 bridgehead atoms. The van der Waals surface area contributed by atoms with Crippen molar-refractivity contribution in [2.75, 3.05) is 18.1 Å². The van der Waals surface area contributed by atoms with Gasteiger partial charge in [-0.3, -0.25) is 19.4 Å². The van der Waals surface area contributed by atoms with Gasteiger partial charge in [0.05, 0.1) is 12.2 Å². The van der Waals surface area contributed by atoms with Gasteiger partial charge in [-0.15, -0.1) is 0 Å². The van der Waals surface area contributed by atoms with Gasteiger partial charge >= 0.3 is 0 Å². The standard InChI is InChI=1S/C15H18FN5O3/c1-2-18-13(22)8-19-15(24)11-7-12(14(17)23)21(20-11)10-5-3-9(16)4-6-10/h3-6,12H,2,7-8H2,1H3,(H2,17,23)(H,18,22)(H,19,24)/t12-/m1/s1. The van der Waals surface area contributed by atoms with E-state index in [1.807, 2.05) is 0 Å². The molecule has 0 unspecified atom stereocenters. The zero-order chi connectivity index (χ0) is 17.7. The maximum Gasteiger partial charge on any atom is 0.268 e. The Bertz CT molecular complexity index is 674. The monoisotopic (exact) mass is 335 g/mol. The number of nitrogens with zero attached hydrogens (tertiary/aromatic N) is 2. The number of hydrogen-bond donors (Lipinski definition) is 3. The average Bonchev–Trinajstić information content (AvgIpc) is 2.99. The average molecular weight is 335 g/mol. The fourth-order valence-electron chi connectivity index (χ4n) is 2.22. The molecule has 9 heteroatoms. The number of primary amides is 1. The lowest BCUT2D eigenvalue weighted by Gasteiger charge is -2.20. The van der Waals surface area contributed by atoms with Crippen LogP contribution in [0.15, 0.2) is 29.4 Å². The van der Waals surface area contributed by atoms with E-state index in [1.165, 1.54) is 29.3 Å². The molecule has 0 aromatic heterocycles. The lowest BCUT2D eigenvalue weighted by Crippen LogP contribution is -2.41. The Morgan fingerprint density at radius 2 is 1.96 bits per heavy atom. The second-order valence-electron chi connectivity index (χ2n) is 5.13. The van der Waals surface area contributed by atoms with Gasteiger partial charge in [0.1, 0.15) is 17.6 Å². The van der Waals surface area contributed by atoms with Gasteiger partial charge in [0.2, 0.25) is 11.8 Å². The molecule has 1 atom stereocenters. The number of rotatable bonds is 6. The van der Waals surface area contributed by atoms with Gasteiger partial charge in [0.15, 0.2) is 0 Å². The van der Waals surface area contributed by atoms with Crippen LogP contribution in [0.3, 0.4) is 0 Å². The van der Waals surface area contributed by atoms with Crippen molar-refractivity contribution < 1.29 is 18.8 Å². The zero-order valence-electron chi connectivity index (χ0n) is 13.1. The zero-order valence-corrected chi connectivity index (χ0v) is 13.1. The first-order chi connectivity index (χ1) is 11.4. The number of nitrogens with one attached hydrogen (secondary N) is 2. The maximum absolute atomic E-state index is 13.0. The molecule has 1 aromatic carbocycles. The maximum atomic E-state index is 13.0. The molecule has 0 fully saturated rings. The van der Waals surface area contributed by atoms with Crippen molar-refractivity contribution >= 4 is 29.1 Å². The van der Waals surface area contributed by atoms with Crippen LogP contribution in [0.1, 0.15) is 13.3 Å². The largest absolute Gasteiger partial charge is 0.368 e. The van der Waals surface area contributed by atoms with E-state index in [0.717, 1.165) is 0 Å². The number of likely N-dealkylation sites (N-methyl/N-ethyl adjacent to an activating group) is 1. The highest BCUT2D eigenvalue weighted by Crippen LogP contribution is 2.24. The summed E-state index contributed by atoms with van der Waals surface area (Å²) in [5.41, 5.74) is 5.87. The summed E-state index contributed by atoms with van der Waals surface area (Å²) < 4.78 is 13.0.